The van der Waals surface area contributed by atoms with Crippen LogP contribution in [0.1, 0.15) is 51.4 Å². The Morgan fingerprint density at radius 3 is 2.44 bits per heavy atom. The number of carbonyl (C=O) groups is 2. The second-order valence-corrected chi connectivity index (χ2v) is 8.61. The van der Waals surface area contributed by atoms with Gasteiger partial charge in [0.15, 0.2) is 0 Å². The van der Waals surface area contributed by atoms with E-state index in [0.717, 1.165) is 0 Å². The number of ether oxygens (including phenoxy) is 1. The van der Waals surface area contributed by atoms with Gasteiger partial charge in [-0.3, -0.25) is 4.79 Å². The molecular formula is C20H24Cl2N2O3. The number of rotatable bonds is 5. The van der Waals surface area contributed by atoms with Crippen LogP contribution in [-0.2, 0) is 9.53 Å². The third-order valence-electron chi connectivity index (χ3n) is 3.76. The number of nitrogens with one attached hydrogen (secondary N) is 1. The molecule has 0 aliphatic carbocycles. The van der Waals surface area contributed by atoms with Gasteiger partial charge in [-0.25, -0.2) is 9.78 Å². The number of hydrogen-bond acceptors (Lipinski definition) is 4. The molecule has 0 unspecified atom stereocenters. The van der Waals surface area contributed by atoms with Crippen molar-refractivity contribution in [2.24, 2.45) is 5.92 Å². The topological polar surface area (TPSA) is 68.3 Å². The highest BCUT2D eigenvalue weighted by Crippen LogP contribution is 2.28. The maximum absolute atomic E-state index is 12.7. The third-order valence-corrected chi connectivity index (χ3v) is 4.36. The Morgan fingerprint density at radius 2 is 1.85 bits per heavy atom. The van der Waals surface area contributed by atoms with E-state index in [1.54, 1.807) is 39.0 Å². The van der Waals surface area contributed by atoms with Crippen molar-refractivity contribution in [3.8, 4) is 0 Å². The van der Waals surface area contributed by atoms with Gasteiger partial charge < -0.3 is 10.1 Å². The lowest BCUT2D eigenvalue weighted by Gasteiger charge is -2.25. The van der Waals surface area contributed by atoms with Crippen LogP contribution in [-0.4, -0.2) is 28.5 Å². The normalized spacial score (nSPS) is 12.9. The largest absolute Gasteiger partial charge is 0.458 e. The van der Waals surface area contributed by atoms with Crippen LogP contribution in [0.25, 0.3) is 10.8 Å². The molecule has 1 aromatic carbocycles. The Labute approximate surface area is 169 Å². The molecule has 0 fully saturated rings. The number of amides is 1. The summed E-state index contributed by atoms with van der Waals surface area (Å²) < 4.78 is 5.44. The molecule has 0 aliphatic heterocycles. The smallest absolute Gasteiger partial charge is 0.329 e. The highest BCUT2D eigenvalue weighted by Gasteiger charge is 2.27. The van der Waals surface area contributed by atoms with Crippen molar-refractivity contribution in [3.05, 3.63) is 40.1 Å². The fourth-order valence-corrected chi connectivity index (χ4v) is 3.04. The second kappa shape index (κ2) is 8.44. The van der Waals surface area contributed by atoms with Crippen LogP contribution in [0.3, 0.4) is 0 Å². The molecular weight excluding hydrogens is 387 g/mol. The average molecular weight is 411 g/mol. The Bertz CT molecular complexity index is 860. The van der Waals surface area contributed by atoms with Gasteiger partial charge in [-0.1, -0.05) is 43.1 Å². The zero-order chi connectivity index (χ0) is 20.4. The summed E-state index contributed by atoms with van der Waals surface area (Å²) in [6.45, 7) is 9.34. The summed E-state index contributed by atoms with van der Waals surface area (Å²) in [6, 6.07) is 4.24. The number of esters is 1. The Hall–Kier alpha value is -1.85. The van der Waals surface area contributed by atoms with Gasteiger partial charge in [0.2, 0.25) is 0 Å². The average Bonchev–Trinajstić information content (AvgIpc) is 2.55. The fraction of sp³-hybridized carbons (Fsp3) is 0.450. The molecule has 5 nitrogen and oxygen atoms in total. The van der Waals surface area contributed by atoms with E-state index in [-0.39, 0.29) is 17.0 Å². The molecule has 0 saturated heterocycles. The van der Waals surface area contributed by atoms with Crippen LogP contribution in [0.15, 0.2) is 24.4 Å². The summed E-state index contributed by atoms with van der Waals surface area (Å²) in [5, 5.41) is 4.77. The molecule has 0 radical (unpaired) electrons. The maximum Gasteiger partial charge on any atom is 0.329 e. The SMILES string of the molecule is CC(C)C[C@H](NC(=O)c1ccc2c(Cl)cnc(Cl)c2c1)C(=O)OC(C)(C)C. The Morgan fingerprint density at radius 1 is 1.19 bits per heavy atom. The standard InChI is InChI=1S/C20H24Cl2N2O3/c1-11(2)8-16(19(26)27-20(3,4)5)24-18(25)12-6-7-13-14(9-12)17(22)23-10-15(13)21/h6-7,9-11,16H,8H2,1-5H3,(H,24,25)/t16-/m0/s1. The lowest BCUT2D eigenvalue weighted by atomic mass is 10.0. The molecule has 146 valence electrons. The van der Waals surface area contributed by atoms with Gasteiger partial charge in [0, 0.05) is 22.5 Å². The molecule has 0 bridgehead atoms. The Kier molecular flexibility index (Phi) is 6.71. The third kappa shape index (κ3) is 5.81. The maximum atomic E-state index is 12.7. The zero-order valence-electron chi connectivity index (χ0n) is 16.1. The van der Waals surface area contributed by atoms with E-state index in [4.69, 9.17) is 27.9 Å². The minimum atomic E-state index is -0.736. The van der Waals surface area contributed by atoms with E-state index in [1.165, 1.54) is 6.20 Å². The quantitative estimate of drug-likeness (QED) is 0.554. The first-order valence-electron chi connectivity index (χ1n) is 8.75. The highest BCUT2D eigenvalue weighted by atomic mass is 35.5. The van der Waals surface area contributed by atoms with Gasteiger partial charge in [-0.15, -0.1) is 0 Å². The molecule has 1 aromatic heterocycles. The summed E-state index contributed by atoms with van der Waals surface area (Å²) >= 11 is 12.3. The first-order chi connectivity index (χ1) is 12.5. The van der Waals surface area contributed by atoms with Crippen molar-refractivity contribution in [3.63, 3.8) is 0 Å². The predicted molar refractivity (Wildman–Crippen MR) is 108 cm³/mol. The number of benzene rings is 1. The van der Waals surface area contributed by atoms with Crippen molar-refractivity contribution in [2.45, 2.75) is 52.7 Å². The number of fused-ring (bicyclic) bond motifs is 1. The van der Waals surface area contributed by atoms with E-state index in [0.29, 0.717) is 27.8 Å². The molecule has 1 N–H and O–H groups in total. The molecule has 27 heavy (non-hydrogen) atoms. The molecule has 7 heteroatoms. The number of carbonyl (C=O) groups excluding carboxylic acids is 2. The summed E-state index contributed by atoms with van der Waals surface area (Å²) in [4.78, 5) is 29.2. The molecule has 0 saturated carbocycles. The minimum absolute atomic E-state index is 0.205. The van der Waals surface area contributed by atoms with E-state index < -0.39 is 17.6 Å². The van der Waals surface area contributed by atoms with Crippen molar-refractivity contribution in [1.29, 1.82) is 0 Å². The van der Waals surface area contributed by atoms with Gasteiger partial charge >= 0.3 is 5.97 Å². The molecule has 2 aromatic rings. The molecule has 0 aliphatic rings. The number of pyridine rings is 1. The molecule has 2 rings (SSSR count). The molecule has 0 spiro atoms. The predicted octanol–water partition coefficient (Wildman–Crippen LogP) is 5.03. The van der Waals surface area contributed by atoms with Gasteiger partial charge in [0.05, 0.1) is 5.02 Å². The number of hydrogen-bond donors (Lipinski definition) is 1. The van der Waals surface area contributed by atoms with Gasteiger partial charge in [-0.05, 0) is 45.2 Å². The lowest BCUT2D eigenvalue weighted by Crippen LogP contribution is -2.44. The highest BCUT2D eigenvalue weighted by molar-refractivity contribution is 6.39. The monoisotopic (exact) mass is 410 g/mol. The fourth-order valence-electron chi connectivity index (χ4n) is 2.62. The first kappa shape index (κ1) is 21.5. The van der Waals surface area contributed by atoms with Crippen molar-refractivity contribution in [1.82, 2.24) is 10.3 Å². The van der Waals surface area contributed by atoms with E-state index >= 15 is 0 Å². The number of halogens is 2. The van der Waals surface area contributed by atoms with Crippen LogP contribution in [0.4, 0.5) is 0 Å². The van der Waals surface area contributed by atoms with Crippen LogP contribution in [0, 0.1) is 5.92 Å². The van der Waals surface area contributed by atoms with Crippen LogP contribution in [0.5, 0.6) is 0 Å². The molecule has 1 heterocycles. The van der Waals surface area contributed by atoms with Gasteiger partial charge in [0.25, 0.3) is 5.91 Å². The zero-order valence-corrected chi connectivity index (χ0v) is 17.6. The van der Waals surface area contributed by atoms with Crippen LogP contribution in [0.2, 0.25) is 10.2 Å². The number of nitrogens with zero attached hydrogens (tertiary/aromatic N) is 1. The van der Waals surface area contributed by atoms with Crippen molar-refractivity contribution >= 4 is 45.9 Å². The van der Waals surface area contributed by atoms with Crippen LogP contribution >= 0.6 is 23.2 Å². The van der Waals surface area contributed by atoms with Crippen LogP contribution < -0.4 is 5.32 Å². The van der Waals surface area contributed by atoms with E-state index in [9.17, 15) is 9.59 Å². The summed E-state index contributed by atoms with van der Waals surface area (Å²) in [7, 11) is 0. The summed E-state index contributed by atoms with van der Waals surface area (Å²) in [5.41, 5.74) is -0.263. The van der Waals surface area contributed by atoms with E-state index in [2.05, 4.69) is 10.3 Å². The molecule has 1 atom stereocenters. The number of aromatic nitrogens is 1. The van der Waals surface area contributed by atoms with Gasteiger partial charge in [0.1, 0.15) is 16.8 Å². The van der Waals surface area contributed by atoms with Crippen molar-refractivity contribution < 1.29 is 14.3 Å². The van der Waals surface area contributed by atoms with Gasteiger partial charge in [-0.2, -0.15) is 0 Å². The lowest BCUT2D eigenvalue weighted by molar-refractivity contribution is -0.157. The van der Waals surface area contributed by atoms with E-state index in [1.807, 2.05) is 13.8 Å². The second-order valence-electron chi connectivity index (χ2n) is 7.85. The minimum Gasteiger partial charge on any atom is -0.458 e. The molecule has 1 amide bonds. The first-order valence-corrected chi connectivity index (χ1v) is 9.51. The Balaban J connectivity index is 2.27. The van der Waals surface area contributed by atoms with Crippen molar-refractivity contribution in [2.75, 3.05) is 0 Å². The summed E-state index contributed by atoms with van der Waals surface area (Å²) in [6.07, 6.45) is 1.94. The summed E-state index contributed by atoms with van der Waals surface area (Å²) in [5.74, 6) is -0.630.